The molecule has 0 aliphatic carbocycles. The molecule has 1 aromatic heterocycles. The van der Waals surface area contributed by atoms with Crippen LogP contribution in [0.3, 0.4) is 0 Å². The maximum Gasteiger partial charge on any atom is 0.303 e. The van der Waals surface area contributed by atoms with Crippen molar-refractivity contribution in [3.63, 3.8) is 0 Å². The quantitative estimate of drug-likeness (QED) is 0.857. The Morgan fingerprint density at radius 1 is 1.19 bits per heavy atom. The van der Waals surface area contributed by atoms with E-state index >= 15 is 0 Å². The summed E-state index contributed by atoms with van der Waals surface area (Å²) in [4.78, 5) is 29.4. The molecule has 1 aromatic carbocycles. The third kappa shape index (κ3) is 4.81. The molecule has 26 heavy (non-hydrogen) atoms. The lowest BCUT2D eigenvalue weighted by molar-refractivity contribution is -0.137. The largest absolute Gasteiger partial charge is 0.481 e. The van der Waals surface area contributed by atoms with Crippen molar-refractivity contribution >= 4 is 11.9 Å². The number of pyridine rings is 1. The van der Waals surface area contributed by atoms with E-state index in [0.717, 1.165) is 12.8 Å². The number of carboxylic acids is 1. The fourth-order valence-electron chi connectivity index (χ4n) is 3.23. The summed E-state index contributed by atoms with van der Waals surface area (Å²) in [6.07, 6.45) is 5.95. The Kier molecular flexibility index (Phi) is 5.84. The molecule has 0 radical (unpaired) electrons. The number of carbonyl (C=O) groups is 2. The van der Waals surface area contributed by atoms with Crippen molar-refractivity contribution < 1.29 is 19.4 Å². The number of ether oxygens (including phenoxy) is 1. The predicted octanol–water partition coefficient (Wildman–Crippen LogP) is 3.59. The van der Waals surface area contributed by atoms with Crippen molar-refractivity contribution in [3.8, 4) is 11.5 Å². The second-order valence-corrected chi connectivity index (χ2v) is 6.50. The van der Waals surface area contributed by atoms with Gasteiger partial charge in [0.2, 0.25) is 0 Å². The fraction of sp³-hybridized carbons (Fsp3) is 0.350. The number of carbonyl (C=O) groups excluding carboxylic acids is 1. The first-order chi connectivity index (χ1) is 12.6. The summed E-state index contributed by atoms with van der Waals surface area (Å²) >= 11 is 0. The number of piperidine rings is 1. The van der Waals surface area contributed by atoms with E-state index in [1.807, 2.05) is 11.0 Å². The SMILES string of the molecule is O=C(O)CCC1CCCN(C(=O)c2cccc(Oc3ccncc3)c2)C1. The van der Waals surface area contributed by atoms with E-state index in [2.05, 4.69) is 4.98 Å². The third-order valence-electron chi connectivity index (χ3n) is 4.54. The molecule has 1 atom stereocenters. The van der Waals surface area contributed by atoms with Crippen LogP contribution >= 0.6 is 0 Å². The van der Waals surface area contributed by atoms with E-state index in [1.165, 1.54) is 0 Å². The molecule has 2 heterocycles. The van der Waals surface area contributed by atoms with Crippen molar-refractivity contribution in [3.05, 3.63) is 54.4 Å². The highest BCUT2D eigenvalue weighted by atomic mass is 16.5. The van der Waals surface area contributed by atoms with Crippen LogP contribution in [0.1, 0.15) is 36.0 Å². The van der Waals surface area contributed by atoms with Gasteiger partial charge >= 0.3 is 5.97 Å². The summed E-state index contributed by atoms with van der Waals surface area (Å²) in [6.45, 7) is 1.32. The Balaban J connectivity index is 1.65. The monoisotopic (exact) mass is 354 g/mol. The molecule has 0 saturated carbocycles. The molecule has 3 rings (SSSR count). The molecule has 1 saturated heterocycles. The zero-order chi connectivity index (χ0) is 18.4. The number of carboxylic acid groups (broad SMARTS) is 1. The highest BCUT2D eigenvalue weighted by Gasteiger charge is 2.25. The van der Waals surface area contributed by atoms with Crippen molar-refractivity contribution in [2.75, 3.05) is 13.1 Å². The van der Waals surface area contributed by atoms with Gasteiger partial charge in [-0.1, -0.05) is 6.07 Å². The Labute approximate surface area is 152 Å². The van der Waals surface area contributed by atoms with Gasteiger partial charge in [-0.25, -0.2) is 0 Å². The molecule has 6 heteroatoms. The van der Waals surface area contributed by atoms with Crippen LogP contribution in [-0.4, -0.2) is 40.0 Å². The molecule has 2 aromatic rings. The van der Waals surface area contributed by atoms with E-state index in [4.69, 9.17) is 9.84 Å². The zero-order valence-corrected chi connectivity index (χ0v) is 14.5. The van der Waals surface area contributed by atoms with Gasteiger partial charge in [-0.2, -0.15) is 0 Å². The average Bonchev–Trinajstić information content (AvgIpc) is 2.67. The number of benzene rings is 1. The predicted molar refractivity (Wildman–Crippen MR) is 96.3 cm³/mol. The summed E-state index contributed by atoms with van der Waals surface area (Å²) in [5.74, 6) is 0.692. The minimum Gasteiger partial charge on any atom is -0.481 e. The molecule has 1 N–H and O–H groups in total. The normalized spacial score (nSPS) is 16.9. The highest BCUT2D eigenvalue weighted by molar-refractivity contribution is 5.94. The number of aliphatic carboxylic acids is 1. The molecule has 1 unspecified atom stereocenters. The molecule has 1 amide bonds. The van der Waals surface area contributed by atoms with Crippen molar-refractivity contribution in [2.45, 2.75) is 25.7 Å². The van der Waals surface area contributed by atoms with Gasteiger partial charge in [-0.15, -0.1) is 0 Å². The highest BCUT2D eigenvalue weighted by Crippen LogP contribution is 2.25. The first-order valence-electron chi connectivity index (χ1n) is 8.81. The van der Waals surface area contributed by atoms with E-state index in [-0.39, 0.29) is 18.2 Å². The lowest BCUT2D eigenvalue weighted by Crippen LogP contribution is -2.40. The number of nitrogens with zero attached hydrogens (tertiary/aromatic N) is 2. The van der Waals surface area contributed by atoms with Crippen LogP contribution in [0.15, 0.2) is 48.8 Å². The zero-order valence-electron chi connectivity index (χ0n) is 14.5. The third-order valence-corrected chi connectivity index (χ3v) is 4.54. The van der Waals surface area contributed by atoms with Crippen LogP contribution in [0.25, 0.3) is 0 Å². The van der Waals surface area contributed by atoms with Gasteiger partial charge in [-0.3, -0.25) is 14.6 Å². The Morgan fingerprint density at radius 2 is 2.00 bits per heavy atom. The molecule has 1 aliphatic rings. The van der Waals surface area contributed by atoms with E-state index < -0.39 is 5.97 Å². The molecular weight excluding hydrogens is 332 g/mol. The lowest BCUT2D eigenvalue weighted by atomic mass is 9.93. The number of amides is 1. The Bertz CT molecular complexity index is 763. The number of likely N-dealkylation sites (tertiary alicyclic amines) is 1. The standard InChI is InChI=1S/C20H22N2O4/c23-19(24)7-6-15-3-2-12-22(14-15)20(25)16-4-1-5-18(13-16)26-17-8-10-21-11-9-17/h1,4-5,8-11,13,15H,2-3,6-7,12,14H2,(H,23,24). The number of hydrogen-bond donors (Lipinski definition) is 1. The fourth-order valence-corrected chi connectivity index (χ4v) is 3.23. The first-order valence-corrected chi connectivity index (χ1v) is 8.81. The van der Waals surface area contributed by atoms with Gasteiger partial charge in [0, 0.05) is 37.5 Å². The topological polar surface area (TPSA) is 79.7 Å². The summed E-state index contributed by atoms with van der Waals surface area (Å²) < 4.78 is 5.77. The van der Waals surface area contributed by atoms with Crippen LogP contribution in [0.5, 0.6) is 11.5 Å². The average molecular weight is 354 g/mol. The van der Waals surface area contributed by atoms with Gasteiger partial charge < -0.3 is 14.7 Å². The maximum absolute atomic E-state index is 12.8. The van der Waals surface area contributed by atoms with Crippen molar-refractivity contribution in [1.82, 2.24) is 9.88 Å². The molecule has 1 fully saturated rings. The van der Waals surface area contributed by atoms with E-state index in [0.29, 0.717) is 36.6 Å². The smallest absolute Gasteiger partial charge is 0.303 e. The number of rotatable bonds is 6. The van der Waals surface area contributed by atoms with Gasteiger partial charge in [-0.05, 0) is 55.5 Å². The molecule has 1 aliphatic heterocycles. The molecule has 0 bridgehead atoms. The van der Waals surface area contributed by atoms with Gasteiger partial charge in [0.15, 0.2) is 0 Å². The summed E-state index contributed by atoms with van der Waals surface area (Å²) in [5.41, 5.74) is 0.579. The lowest BCUT2D eigenvalue weighted by Gasteiger charge is -2.32. The van der Waals surface area contributed by atoms with Crippen LogP contribution in [0.2, 0.25) is 0 Å². The van der Waals surface area contributed by atoms with Crippen LogP contribution < -0.4 is 4.74 Å². The van der Waals surface area contributed by atoms with Crippen LogP contribution in [0.4, 0.5) is 0 Å². The molecule has 0 spiro atoms. The minimum absolute atomic E-state index is 0.0368. The molecule has 6 nitrogen and oxygen atoms in total. The van der Waals surface area contributed by atoms with Crippen LogP contribution in [-0.2, 0) is 4.79 Å². The maximum atomic E-state index is 12.8. The summed E-state index contributed by atoms with van der Waals surface area (Å²) in [6, 6.07) is 10.6. The van der Waals surface area contributed by atoms with Gasteiger partial charge in [0.05, 0.1) is 0 Å². The van der Waals surface area contributed by atoms with Gasteiger partial charge in [0.1, 0.15) is 11.5 Å². The van der Waals surface area contributed by atoms with Crippen molar-refractivity contribution in [1.29, 1.82) is 0 Å². The Hall–Kier alpha value is -2.89. The van der Waals surface area contributed by atoms with Crippen LogP contribution in [0, 0.1) is 5.92 Å². The van der Waals surface area contributed by atoms with Crippen molar-refractivity contribution in [2.24, 2.45) is 5.92 Å². The number of aromatic nitrogens is 1. The van der Waals surface area contributed by atoms with E-state index in [1.54, 1.807) is 42.7 Å². The summed E-state index contributed by atoms with van der Waals surface area (Å²) in [5, 5.41) is 8.85. The molecular formula is C20H22N2O4. The van der Waals surface area contributed by atoms with E-state index in [9.17, 15) is 9.59 Å². The molecule has 136 valence electrons. The van der Waals surface area contributed by atoms with Gasteiger partial charge in [0.25, 0.3) is 5.91 Å². The second kappa shape index (κ2) is 8.47. The number of hydrogen-bond acceptors (Lipinski definition) is 4. The Morgan fingerprint density at radius 3 is 2.77 bits per heavy atom. The second-order valence-electron chi connectivity index (χ2n) is 6.50. The minimum atomic E-state index is -0.783. The summed E-state index contributed by atoms with van der Waals surface area (Å²) in [7, 11) is 0. The first kappa shape index (κ1) is 17.9.